The van der Waals surface area contributed by atoms with Crippen LogP contribution in [-0.4, -0.2) is 20.6 Å². The first-order valence-electron chi connectivity index (χ1n) is 6.85. The molecule has 0 aliphatic heterocycles. The largest absolute Gasteiger partial charge is 0.374 e. The summed E-state index contributed by atoms with van der Waals surface area (Å²) in [5.41, 5.74) is 2.19. The number of nitrogens with zero attached hydrogens (tertiary/aromatic N) is 1. The lowest BCUT2D eigenvalue weighted by Gasteiger charge is -2.25. The van der Waals surface area contributed by atoms with Gasteiger partial charge in [-0.05, 0) is 49.6 Å². The second-order valence-electron chi connectivity index (χ2n) is 5.33. The van der Waals surface area contributed by atoms with Crippen molar-refractivity contribution in [2.24, 2.45) is 5.92 Å². The van der Waals surface area contributed by atoms with Crippen LogP contribution in [0.15, 0.2) is 18.2 Å². The van der Waals surface area contributed by atoms with Crippen LogP contribution < -0.4 is 10.2 Å². The zero-order valence-corrected chi connectivity index (χ0v) is 11.4. The van der Waals surface area contributed by atoms with Gasteiger partial charge in [0.25, 0.3) is 0 Å². The quantitative estimate of drug-likeness (QED) is 0.863. The Bertz CT molecular complexity index is 386. The minimum atomic E-state index is -0.154. The Morgan fingerprint density at radius 1 is 1.33 bits per heavy atom. The molecular weight excluding hydrogens is 227 g/mol. The van der Waals surface area contributed by atoms with Crippen LogP contribution in [0.3, 0.4) is 0 Å². The fraction of sp³-hybridized carbons (Fsp3) is 0.600. The van der Waals surface area contributed by atoms with Gasteiger partial charge in [0.05, 0.1) is 0 Å². The maximum atomic E-state index is 13.3. The van der Waals surface area contributed by atoms with E-state index in [-0.39, 0.29) is 5.82 Å². The van der Waals surface area contributed by atoms with Gasteiger partial charge in [0, 0.05) is 25.8 Å². The molecule has 18 heavy (non-hydrogen) atoms. The van der Waals surface area contributed by atoms with E-state index in [1.807, 2.05) is 13.1 Å². The van der Waals surface area contributed by atoms with E-state index in [1.165, 1.54) is 25.7 Å². The van der Waals surface area contributed by atoms with Crippen LogP contribution in [0.5, 0.6) is 0 Å². The molecule has 1 aliphatic carbocycles. The van der Waals surface area contributed by atoms with Gasteiger partial charge in [0.15, 0.2) is 0 Å². The highest BCUT2D eigenvalue weighted by Crippen LogP contribution is 2.28. The second-order valence-corrected chi connectivity index (χ2v) is 5.33. The normalized spacial score (nSPS) is 16.2. The van der Waals surface area contributed by atoms with Crippen molar-refractivity contribution in [2.45, 2.75) is 32.2 Å². The minimum Gasteiger partial charge on any atom is -0.374 e. The molecular formula is C15H23FN2. The Labute approximate surface area is 109 Å². The number of anilines is 1. The molecule has 1 N–H and O–H groups in total. The van der Waals surface area contributed by atoms with Gasteiger partial charge in [-0.2, -0.15) is 0 Å². The lowest BCUT2D eigenvalue weighted by Crippen LogP contribution is -2.25. The van der Waals surface area contributed by atoms with Crippen LogP contribution in [-0.2, 0) is 6.54 Å². The van der Waals surface area contributed by atoms with E-state index in [2.05, 4.69) is 17.3 Å². The smallest absolute Gasteiger partial charge is 0.123 e. The van der Waals surface area contributed by atoms with Crippen LogP contribution in [0.25, 0.3) is 0 Å². The van der Waals surface area contributed by atoms with E-state index in [9.17, 15) is 4.39 Å². The summed E-state index contributed by atoms with van der Waals surface area (Å²) in [6.07, 6.45) is 5.41. The van der Waals surface area contributed by atoms with Crippen molar-refractivity contribution >= 4 is 5.69 Å². The second kappa shape index (κ2) is 6.19. The van der Waals surface area contributed by atoms with Crippen LogP contribution >= 0.6 is 0 Å². The average molecular weight is 250 g/mol. The minimum absolute atomic E-state index is 0.154. The topological polar surface area (TPSA) is 15.3 Å². The van der Waals surface area contributed by atoms with Crippen molar-refractivity contribution in [1.82, 2.24) is 5.32 Å². The third-order valence-electron chi connectivity index (χ3n) is 3.83. The Morgan fingerprint density at radius 3 is 2.72 bits per heavy atom. The van der Waals surface area contributed by atoms with E-state index in [0.717, 1.165) is 23.7 Å². The van der Waals surface area contributed by atoms with Gasteiger partial charge in [0.2, 0.25) is 0 Å². The Morgan fingerprint density at radius 2 is 2.06 bits per heavy atom. The summed E-state index contributed by atoms with van der Waals surface area (Å²) in [5, 5.41) is 3.11. The van der Waals surface area contributed by atoms with Gasteiger partial charge in [-0.3, -0.25) is 0 Å². The van der Waals surface area contributed by atoms with E-state index >= 15 is 0 Å². The van der Waals surface area contributed by atoms with Gasteiger partial charge in [0.1, 0.15) is 5.82 Å². The zero-order valence-electron chi connectivity index (χ0n) is 11.4. The molecule has 0 amide bonds. The van der Waals surface area contributed by atoms with Gasteiger partial charge >= 0.3 is 0 Å². The van der Waals surface area contributed by atoms with E-state index < -0.39 is 0 Å². The first-order valence-corrected chi connectivity index (χ1v) is 6.85. The van der Waals surface area contributed by atoms with Gasteiger partial charge in [-0.25, -0.2) is 4.39 Å². The first kappa shape index (κ1) is 13.3. The maximum absolute atomic E-state index is 13.3. The van der Waals surface area contributed by atoms with Crippen molar-refractivity contribution in [2.75, 3.05) is 25.5 Å². The molecule has 2 rings (SSSR count). The fourth-order valence-corrected chi connectivity index (χ4v) is 2.94. The molecule has 2 nitrogen and oxygen atoms in total. The monoisotopic (exact) mass is 250 g/mol. The maximum Gasteiger partial charge on any atom is 0.123 e. The van der Waals surface area contributed by atoms with Crippen molar-refractivity contribution < 1.29 is 4.39 Å². The lowest BCUT2D eigenvalue weighted by molar-refractivity contribution is 0.545. The molecule has 0 aromatic heterocycles. The lowest BCUT2D eigenvalue weighted by atomic mass is 10.1. The van der Waals surface area contributed by atoms with Crippen molar-refractivity contribution in [3.8, 4) is 0 Å². The molecule has 0 unspecified atom stereocenters. The predicted molar refractivity (Wildman–Crippen MR) is 74.4 cm³/mol. The number of nitrogens with one attached hydrogen (secondary N) is 1. The number of hydrogen-bond acceptors (Lipinski definition) is 2. The summed E-state index contributed by atoms with van der Waals surface area (Å²) in [6, 6.07) is 5.09. The molecule has 100 valence electrons. The molecule has 3 heteroatoms. The van der Waals surface area contributed by atoms with Crippen molar-refractivity contribution in [1.29, 1.82) is 0 Å². The summed E-state index contributed by atoms with van der Waals surface area (Å²) in [6.45, 7) is 1.80. The molecule has 1 aliphatic rings. The van der Waals surface area contributed by atoms with Crippen LogP contribution in [0.1, 0.15) is 31.2 Å². The molecule has 0 heterocycles. The van der Waals surface area contributed by atoms with Gasteiger partial charge in [-0.15, -0.1) is 0 Å². The first-order chi connectivity index (χ1) is 8.70. The molecule has 1 aromatic carbocycles. The SMILES string of the molecule is CNCc1cc(F)ccc1N(C)CC1CCCC1. The predicted octanol–water partition coefficient (Wildman–Crippen LogP) is 3.17. The molecule has 1 aromatic rings. The van der Waals surface area contributed by atoms with E-state index in [4.69, 9.17) is 0 Å². The molecule has 0 spiro atoms. The summed E-state index contributed by atoms with van der Waals surface area (Å²) in [4.78, 5) is 2.28. The van der Waals surface area contributed by atoms with Crippen LogP contribution in [0.2, 0.25) is 0 Å². The van der Waals surface area contributed by atoms with E-state index in [1.54, 1.807) is 12.1 Å². The molecule has 0 saturated heterocycles. The third kappa shape index (κ3) is 3.22. The number of rotatable bonds is 5. The zero-order chi connectivity index (χ0) is 13.0. The molecule has 0 atom stereocenters. The highest BCUT2D eigenvalue weighted by atomic mass is 19.1. The van der Waals surface area contributed by atoms with Crippen molar-refractivity contribution in [3.63, 3.8) is 0 Å². The van der Waals surface area contributed by atoms with Crippen LogP contribution in [0, 0.1) is 11.7 Å². The molecule has 1 saturated carbocycles. The molecule has 1 fully saturated rings. The number of hydrogen-bond donors (Lipinski definition) is 1. The van der Waals surface area contributed by atoms with Gasteiger partial charge in [-0.1, -0.05) is 12.8 Å². The fourth-order valence-electron chi connectivity index (χ4n) is 2.94. The Hall–Kier alpha value is -1.09. The van der Waals surface area contributed by atoms with Crippen LogP contribution in [0.4, 0.5) is 10.1 Å². The molecule has 0 radical (unpaired) electrons. The highest BCUT2D eigenvalue weighted by molar-refractivity contribution is 5.53. The Kier molecular flexibility index (Phi) is 4.59. The van der Waals surface area contributed by atoms with E-state index in [0.29, 0.717) is 6.54 Å². The number of benzene rings is 1. The standard InChI is InChI=1S/C15H23FN2/c1-17-10-13-9-14(16)7-8-15(13)18(2)11-12-5-3-4-6-12/h7-9,12,17H,3-6,10-11H2,1-2H3. The summed E-state index contributed by atoms with van der Waals surface area (Å²) in [5.74, 6) is 0.653. The van der Waals surface area contributed by atoms with Crippen molar-refractivity contribution in [3.05, 3.63) is 29.6 Å². The summed E-state index contributed by atoms with van der Waals surface area (Å²) < 4.78 is 13.3. The molecule has 0 bridgehead atoms. The van der Waals surface area contributed by atoms with Gasteiger partial charge < -0.3 is 10.2 Å². The number of halogens is 1. The highest BCUT2D eigenvalue weighted by Gasteiger charge is 2.18. The summed E-state index contributed by atoms with van der Waals surface area (Å²) >= 11 is 0. The average Bonchev–Trinajstić information content (AvgIpc) is 2.82. The third-order valence-corrected chi connectivity index (χ3v) is 3.83. The Balaban J connectivity index is 2.09. The summed E-state index contributed by atoms with van der Waals surface area (Å²) in [7, 11) is 4.01.